The lowest BCUT2D eigenvalue weighted by atomic mass is 9.83. The van der Waals surface area contributed by atoms with Crippen LogP contribution in [0.5, 0.6) is 0 Å². The number of amides is 1. The minimum absolute atomic E-state index is 0.160. The van der Waals surface area contributed by atoms with Crippen LogP contribution in [-0.2, 0) is 4.79 Å². The molecule has 0 saturated heterocycles. The Morgan fingerprint density at radius 1 is 1.35 bits per heavy atom. The average molecular weight is 271 g/mol. The molecule has 2 nitrogen and oxygen atoms in total. The van der Waals surface area contributed by atoms with Crippen molar-refractivity contribution in [2.75, 3.05) is 14.1 Å². The van der Waals surface area contributed by atoms with E-state index in [1.54, 1.807) is 4.90 Å². The molecule has 1 saturated carbocycles. The summed E-state index contributed by atoms with van der Waals surface area (Å²) in [4.78, 5) is 13.8. The van der Waals surface area contributed by atoms with E-state index in [2.05, 4.69) is 44.8 Å². The number of carbonyl (C=O) groups excluding carboxylic acids is 1. The van der Waals surface area contributed by atoms with Gasteiger partial charge in [-0.1, -0.05) is 50.3 Å². The summed E-state index contributed by atoms with van der Waals surface area (Å²) in [5, 5.41) is 0. The number of hydrogen-bond acceptors (Lipinski definition) is 1. The van der Waals surface area contributed by atoms with E-state index in [0.717, 1.165) is 19.3 Å². The quantitative estimate of drug-likeness (QED) is 0.705. The topological polar surface area (TPSA) is 20.3 Å². The van der Waals surface area contributed by atoms with Crippen molar-refractivity contribution < 1.29 is 4.79 Å². The summed E-state index contributed by atoms with van der Waals surface area (Å²) in [6.45, 7) is 6.74. The maximum absolute atomic E-state index is 12.1. The highest BCUT2D eigenvalue weighted by Crippen LogP contribution is 2.46. The van der Waals surface area contributed by atoms with E-state index in [1.807, 2.05) is 14.1 Å². The molecule has 0 aromatic carbocycles. The molecule has 20 heavy (non-hydrogen) atoms. The zero-order valence-corrected chi connectivity index (χ0v) is 13.3. The maximum Gasteiger partial charge on any atom is 0.240 e. The van der Waals surface area contributed by atoms with Gasteiger partial charge in [0, 0.05) is 19.7 Å². The lowest BCUT2D eigenvalue weighted by molar-refractivity contribution is -0.132. The van der Waals surface area contributed by atoms with Crippen molar-refractivity contribution in [3.8, 4) is 11.8 Å². The minimum Gasteiger partial charge on any atom is -0.348 e. The number of nitrogens with zero attached hydrogens (tertiary/aromatic N) is 1. The van der Waals surface area contributed by atoms with Crippen LogP contribution in [0.2, 0.25) is 0 Å². The fourth-order valence-electron chi connectivity index (χ4n) is 2.88. The summed E-state index contributed by atoms with van der Waals surface area (Å²) in [7, 11) is 3.62. The van der Waals surface area contributed by atoms with Crippen molar-refractivity contribution in [3.05, 3.63) is 23.3 Å². The molecule has 0 spiro atoms. The van der Waals surface area contributed by atoms with Gasteiger partial charge in [0.2, 0.25) is 5.91 Å². The van der Waals surface area contributed by atoms with E-state index in [-0.39, 0.29) is 11.3 Å². The smallest absolute Gasteiger partial charge is 0.240 e. The third-order valence-electron chi connectivity index (χ3n) is 4.27. The van der Waals surface area contributed by atoms with Crippen LogP contribution in [0.1, 0.15) is 40.0 Å². The van der Waals surface area contributed by atoms with Crippen molar-refractivity contribution in [2.45, 2.75) is 40.0 Å². The number of allylic oxidation sites excluding steroid dienone is 4. The fourth-order valence-corrected chi connectivity index (χ4v) is 2.88. The molecule has 1 fully saturated rings. The highest BCUT2D eigenvalue weighted by atomic mass is 16.2. The highest BCUT2D eigenvalue weighted by Gasteiger charge is 2.49. The summed E-state index contributed by atoms with van der Waals surface area (Å²) in [6.07, 6.45) is 7.18. The van der Waals surface area contributed by atoms with Crippen LogP contribution in [0.15, 0.2) is 23.3 Å². The Morgan fingerprint density at radius 3 is 2.45 bits per heavy atom. The predicted octanol–water partition coefficient (Wildman–Crippen LogP) is 3.41. The second kappa shape index (κ2) is 5.48. The Balaban J connectivity index is 2.13. The van der Waals surface area contributed by atoms with Crippen LogP contribution < -0.4 is 0 Å². The van der Waals surface area contributed by atoms with Gasteiger partial charge in [-0.3, -0.25) is 4.79 Å². The Labute approximate surface area is 122 Å². The van der Waals surface area contributed by atoms with Gasteiger partial charge >= 0.3 is 0 Å². The summed E-state index contributed by atoms with van der Waals surface area (Å²) in [6, 6.07) is 0. The first-order chi connectivity index (χ1) is 9.35. The summed E-state index contributed by atoms with van der Waals surface area (Å²) < 4.78 is 0. The number of hydrogen-bond donors (Lipinski definition) is 0. The Morgan fingerprint density at radius 2 is 2.00 bits per heavy atom. The molecule has 0 N–H and O–H groups in total. The zero-order valence-electron chi connectivity index (χ0n) is 13.3. The second-order valence-electron chi connectivity index (χ2n) is 6.65. The SMILES string of the molecule is CC(C)C1=CC=C(C#CC2(C(=O)N(C)C)CC2)CC1C. The molecule has 0 heterocycles. The van der Waals surface area contributed by atoms with Crippen molar-refractivity contribution in [1.82, 2.24) is 4.90 Å². The lowest BCUT2D eigenvalue weighted by Gasteiger charge is -2.22. The Bertz CT molecular complexity index is 521. The van der Waals surface area contributed by atoms with E-state index in [0.29, 0.717) is 11.8 Å². The minimum atomic E-state index is -0.379. The molecule has 0 bridgehead atoms. The largest absolute Gasteiger partial charge is 0.348 e. The van der Waals surface area contributed by atoms with Crippen LogP contribution >= 0.6 is 0 Å². The number of rotatable bonds is 2. The van der Waals surface area contributed by atoms with Gasteiger partial charge in [0.1, 0.15) is 5.41 Å². The molecule has 0 aromatic rings. The molecule has 2 rings (SSSR count). The Kier molecular flexibility index (Phi) is 4.09. The van der Waals surface area contributed by atoms with E-state index in [4.69, 9.17) is 0 Å². The molecule has 1 amide bonds. The van der Waals surface area contributed by atoms with Gasteiger partial charge < -0.3 is 4.90 Å². The van der Waals surface area contributed by atoms with Gasteiger partial charge in [-0.2, -0.15) is 0 Å². The first-order valence-corrected chi connectivity index (χ1v) is 7.51. The average Bonchev–Trinajstić information content (AvgIpc) is 3.16. The summed E-state index contributed by atoms with van der Waals surface area (Å²) >= 11 is 0. The van der Waals surface area contributed by atoms with E-state index in [9.17, 15) is 4.79 Å². The van der Waals surface area contributed by atoms with Crippen molar-refractivity contribution >= 4 is 5.91 Å². The van der Waals surface area contributed by atoms with Crippen molar-refractivity contribution in [3.63, 3.8) is 0 Å². The molecular formula is C18H25NO. The molecule has 0 aliphatic heterocycles. The number of carbonyl (C=O) groups is 1. The fraction of sp³-hybridized carbons (Fsp3) is 0.611. The molecule has 1 unspecified atom stereocenters. The van der Waals surface area contributed by atoms with E-state index < -0.39 is 0 Å². The zero-order chi connectivity index (χ0) is 14.9. The maximum atomic E-state index is 12.1. The molecule has 2 aliphatic rings. The van der Waals surface area contributed by atoms with E-state index >= 15 is 0 Å². The summed E-state index contributed by atoms with van der Waals surface area (Å²) in [5.41, 5.74) is 2.29. The van der Waals surface area contributed by atoms with E-state index in [1.165, 1.54) is 11.1 Å². The van der Waals surface area contributed by atoms with Crippen LogP contribution in [0.4, 0.5) is 0 Å². The first-order valence-electron chi connectivity index (χ1n) is 7.51. The third kappa shape index (κ3) is 2.98. The van der Waals surface area contributed by atoms with Gasteiger partial charge in [-0.15, -0.1) is 0 Å². The molecule has 0 aromatic heterocycles. The van der Waals surface area contributed by atoms with Gasteiger partial charge in [-0.25, -0.2) is 0 Å². The van der Waals surface area contributed by atoms with Gasteiger partial charge in [-0.05, 0) is 31.1 Å². The van der Waals surface area contributed by atoms with Gasteiger partial charge in [0.05, 0.1) is 0 Å². The molecule has 2 aliphatic carbocycles. The molecule has 108 valence electrons. The van der Waals surface area contributed by atoms with Crippen molar-refractivity contribution in [1.29, 1.82) is 0 Å². The second-order valence-corrected chi connectivity index (χ2v) is 6.65. The van der Waals surface area contributed by atoms with Crippen molar-refractivity contribution in [2.24, 2.45) is 17.3 Å². The van der Waals surface area contributed by atoms with Crippen LogP contribution in [0.25, 0.3) is 0 Å². The molecule has 0 radical (unpaired) electrons. The van der Waals surface area contributed by atoms with Gasteiger partial charge in [0.15, 0.2) is 0 Å². The standard InChI is InChI=1S/C18H25NO/c1-13(2)16-7-6-15(12-14(16)3)8-9-18(10-11-18)17(20)19(4)5/h6-7,13-14H,10-12H2,1-5H3. The third-order valence-corrected chi connectivity index (χ3v) is 4.27. The summed E-state index contributed by atoms with van der Waals surface area (Å²) in [5.74, 6) is 7.83. The lowest BCUT2D eigenvalue weighted by Crippen LogP contribution is -2.30. The van der Waals surface area contributed by atoms with Gasteiger partial charge in [0.25, 0.3) is 0 Å². The van der Waals surface area contributed by atoms with Crippen LogP contribution in [0.3, 0.4) is 0 Å². The first kappa shape index (κ1) is 14.9. The monoisotopic (exact) mass is 271 g/mol. The predicted molar refractivity (Wildman–Crippen MR) is 82.9 cm³/mol. The van der Waals surface area contributed by atoms with Crippen LogP contribution in [0, 0.1) is 29.1 Å². The molecular weight excluding hydrogens is 246 g/mol. The molecule has 2 heteroatoms. The molecule has 1 atom stereocenters. The normalized spacial score (nSPS) is 23.4. The highest BCUT2D eigenvalue weighted by molar-refractivity contribution is 5.88. The Hall–Kier alpha value is -1.49. The van der Waals surface area contributed by atoms with Crippen LogP contribution in [-0.4, -0.2) is 24.9 Å².